The first kappa shape index (κ1) is 19.6. The Hall–Kier alpha value is -2.71. The molecule has 0 aliphatic carbocycles. The Kier molecular flexibility index (Phi) is 5.92. The van der Waals surface area contributed by atoms with Crippen LogP contribution in [0.4, 0.5) is 5.95 Å². The van der Waals surface area contributed by atoms with Gasteiger partial charge in [0.2, 0.25) is 5.95 Å². The van der Waals surface area contributed by atoms with E-state index in [4.69, 9.17) is 11.6 Å². The van der Waals surface area contributed by atoms with E-state index in [1.807, 2.05) is 6.07 Å². The molecule has 0 spiro atoms. The van der Waals surface area contributed by atoms with Crippen LogP contribution in [0.5, 0.6) is 0 Å². The van der Waals surface area contributed by atoms with E-state index in [2.05, 4.69) is 24.8 Å². The number of anilines is 1. The van der Waals surface area contributed by atoms with Gasteiger partial charge in [-0.25, -0.2) is 14.8 Å². The van der Waals surface area contributed by atoms with Crippen molar-refractivity contribution in [3.05, 3.63) is 62.5 Å². The van der Waals surface area contributed by atoms with Crippen LogP contribution >= 0.6 is 11.6 Å². The Morgan fingerprint density at radius 2 is 1.72 bits per heavy atom. The van der Waals surface area contributed by atoms with Gasteiger partial charge in [-0.05, 0) is 43.7 Å². The molecule has 1 saturated heterocycles. The summed E-state index contributed by atoms with van der Waals surface area (Å²) in [6, 6.07) is 6.74. The number of hydrogen-bond acceptors (Lipinski definition) is 6. The largest absolute Gasteiger partial charge is 0.338 e. The molecule has 0 unspecified atom stereocenters. The Bertz CT molecular complexity index is 1090. The van der Waals surface area contributed by atoms with Crippen molar-refractivity contribution in [1.82, 2.24) is 24.4 Å². The first-order valence-electron chi connectivity index (χ1n) is 9.78. The highest BCUT2D eigenvalue weighted by Crippen LogP contribution is 2.13. The maximum atomic E-state index is 12.6. The molecular weight excluding hydrogens is 392 g/mol. The second-order valence-corrected chi connectivity index (χ2v) is 7.60. The molecule has 1 aliphatic rings. The van der Waals surface area contributed by atoms with E-state index >= 15 is 0 Å². The first-order valence-corrected chi connectivity index (χ1v) is 10.2. The quantitative estimate of drug-likeness (QED) is 0.618. The van der Waals surface area contributed by atoms with Gasteiger partial charge in [-0.1, -0.05) is 11.6 Å². The fourth-order valence-corrected chi connectivity index (χ4v) is 3.83. The third kappa shape index (κ3) is 4.49. The van der Waals surface area contributed by atoms with E-state index in [1.54, 1.807) is 30.6 Å². The summed E-state index contributed by atoms with van der Waals surface area (Å²) in [6.45, 7) is 5.04. The highest BCUT2D eigenvalue weighted by molar-refractivity contribution is 6.31. The molecule has 9 heteroatoms. The molecule has 0 amide bonds. The monoisotopic (exact) mass is 414 g/mol. The molecule has 2 aromatic heterocycles. The molecule has 8 nitrogen and oxygen atoms in total. The molecule has 0 bridgehead atoms. The summed E-state index contributed by atoms with van der Waals surface area (Å²) in [5, 5.41) is 0.921. The van der Waals surface area contributed by atoms with Crippen molar-refractivity contribution in [2.45, 2.75) is 19.4 Å². The van der Waals surface area contributed by atoms with Gasteiger partial charge < -0.3 is 9.88 Å². The zero-order valence-corrected chi connectivity index (χ0v) is 16.8. The predicted octanol–water partition coefficient (Wildman–Crippen LogP) is 1.74. The molecule has 1 fully saturated rings. The van der Waals surface area contributed by atoms with Crippen molar-refractivity contribution < 1.29 is 0 Å². The Balaban J connectivity index is 1.29. The number of nitrogens with one attached hydrogen (secondary N) is 1. The van der Waals surface area contributed by atoms with Crippen LogP contribution in [-0.4, -0.2) is 57.1 Å². The normalized spacial score (nSPS) is 15.1. The van der Waals surface area contributed by atoms with Crippen LogP contribution < -0.4 is 16.1 Å². The number of rotatable bonds is 6. The molecule has 29 heavy (non-hydrogen) atoms. The van der Waals surface area contributed by atoms with Gasteiger partial charge in [-0.3, -0.25) is 14.3 Å². The van der Waals surface area contributed by atoms with E-state index in [1.165, 1.54) is 4.57 Å². The zero-order chi connectivity index (χ0) is 20.2. The van der Waals surface area contributed by atoms with Gasteiger partial charge in [0, 0.05) is 50.1 Å². The number of aromatic amines is 1. The third-order valence-corrected chi connectivity index (χ3v) is 5.49. The van der Waals surface area contributed by atoms with Crippen molar-refractivity contribution >= 4 is 28.5 Å². The summed E-state index contributed by atoms with van der Waals surface area (Å²) in [6.07, 6.45) is 5.20. The molecule has 0 atom stereocenters. The van der Waals surface area contributed by atoms with Gasteiger partial charge in [0.05, 0.1) is 10.9 Å². The first-order chi connectivity index (χ1) is 14.1. The Morgan fingerprint density at radius 1 is 1.00 bits per heavy atom. The number of nitrogens with zero attached hydrogens (tertiary/aromatic N) is 5. The lowest BCUT2D eigenvalue weighted by Gasteiger charge is -2.34. The summed E-state index contributed by atoms with van der Waals surface area (Å²) < 4.78 is 1.27. The molecule has 0 radical (unpaired) electrons. The lowest BCUT2D eigenvalue weighted by molar-refractivity contribution is 0.250. The van der Waals surface area contributed by atoms with Gasteiger partial charge in [0.15, 0.2) is 0 Å². The van der Waals surface area contributed by atoms with E-state index in [0.29, 0.717) is 22.5 Å². The molecular formula is C20H23ClN6O2. The van der Waals surface area contributed by atoms with E-state index < -0.39 is 0 Å². The smallest absolute Gasteiger partial charge is 0.328 e. The molecule has 4 rings (SSSR count). The van der Waals surface area contributed by atoms with Crippen LogP contribution in [0.15, 0.2) is 46.2 Å². The van der Waals surface area contributed by atoms with Crippen molar-refractivity contribution in [3.8, 4) is 0 Å². The molecule has 3 aromatic rings. The summed E-state index contributed by atoms with van der Waals surface area (Å²) in [7, 11) is 0. The third-order valence-electron chi connectivity index (χ3n) is 5.26. The van der Waals surface area contributed by atoms with Gasteiger partial charge in [0.25, 0.3) is 5.56 Å². The lowest BCUT2D eigenvalue weighted by Crippen LogP contribution is -2.47. The number of benzene rings is 1. The molecule has 1 aliphatic heterocycles. The van der Waals surface area contributed by atoms with E-state index in [-0.39, 0.29) is 11.2 Å². The number of hydrogen-bond donors (Lipinski definition) is 1. The van der Waals surface area contributed by atoms with Crippen molar-refractivity contribution in [2.75, 3.05) is 37.6 Å². The van der Waals surface area contributed by atoms with Crippen LogP contribution in [-0.2, 0) is 6.54 Å². The maximum Gasteiger partial charge on any atom is 0.328 e. The van der Waals surface area contributed by atoms with Gasteiger partial charge in [0.1, 0.15) is 0 Å². The van der Waals surface area contributed by atoms with Crippen LogP contribution in [0, 0.1) is 0 Å². The van der Waals surface area contributed by atoms with Crippen LogP contribution in [0.3, 0.4) is 0 Å². The minimum atomic E-state index is -0.374. The maximum absolute atomic E-state index is 12.6. The molecule has 0 saturated carbocycles. The molecule has 1 aromatic carbocycles. The predicted molar refractivity (Wildman–Crippen MR) is 114 cm³/mol. The summed E-state index contributed by atoms with van der Waals surface area (Å²) in [5.74, 6) is 0.780. The summed E-state index contributed by atoms with van der Waals surface area (Å²) in [5.41, 5.74) is -0.148. The second kappa shape index (κ2) is 8.75. The topological polar surface area (TPSA) is 87.1 Å². The van der Waals surface area contributed by atoms with E-state index in [0.717, 1.165) is 51.5 Å². The number of fused-ring (bicyclic) bond motifs is 1. The average Bonchev–Trinajstić information content (AvgIpc) is 2.75. The standard InChI is InChI=1S/C20H23ClN6O2/c21-15-4-5-17-16(14-15)18(28)27(20(29)24-17)9-2-1-8-25-10-12-26(13-11-25)19-22-6-3-7-23-19/h3-7,14H,1-2,8-13H2,(H,24,29). The van der Waals surface area contributed by atoms with Crippen LogP contribution in [0.2, 0.25) is 5.02 Å². The van der Waals surface area contributed by atoms with Gasteiger partial charge in [-0.15, -0.1) is 0 Å². The van der Waals surface area contributed by atoms with Gasteiger partial charge >= 0.3 is 5.69 Å². The minimum absolute atomic E-state index is 0.289. The number of piperazine rings is 1. The van der Waals surface area contributed by atoms with Crippen molar-refractivity contribution in [1.29, 1.82) is 0 Å². The highest BCUT2D eigenvalue weighted by Gasteiger charge is 2.18. The average molecular weight is 415 g/mol. The Labute approximate surface area is 172 Å². The lowest BCUT2D eigenvalue weighted by atomic mass is 10.2. The second-order valence-electron chi connectivity index (χ2n) is 7.16. The number of unbranched alkanes of at least 4 members (excludes halogenated alkanes) is 1. The number of halogens is 1. The minimum Gasteiger partial charge on any atom is -0.338 e. The molecule has 152 valence electrons. The van der Waals surface area contributed by atoms with Crippen molar-refractivity contribution in [3.63, 3.8) is 0 Å². The fourth-order valence-electron chi connectivity index (χ4n) is 3.66. The number of H-pyrrole nitrogens is 1. The van der Waals surface area contributed by atoms with Crippen molar-refractivity contribution in [2.24, 2.45) is 0 Å². The van der Waals surface area contributed by atoms with E-state index in [9.17, 15) is 9.59 Å². The summed E-state index contributed by atoms with van der Waals surface area (Å²) >= 11 is 5.99. The van der Waals surface area contributed by atoms with Crippen LogP contribution in [0.25, 0.3) is 10.9 Å². The molecule has 3 heterocycles. The fraction of sp³-hybridized carbons (Fsp3) is 0.400. The zero-order valence-electron chi connectivity index (χ0n) is 16.1. The SMILES string of the molecule is O=c1[nH]c2ccc(Cl)cc2c(=O)n1CCCCN1CCN(c2ncccn2)CC1. The summed E-state index contributed by atoms with van der Waals surface area (Å²) in [4.78, 5) is 40.8. The highest BCUT2D eigenvalue weighted by atomic mass is 35.5. The van der Waals surface area contributed by atoms with Crippen LogP contribution in [0.1, 0.15) is 12.8 Å². The number of aromatic nitrogens is 4. The van der Waals surface area contributed by atoms with Gasteiger partial charge in [-0.2, -0.15) is 0 Å². The Morgan fingerprint density at radius 3 is 2.48 bits per heavy atom. The molecule has 1 N–H and O–H groups in total.